The summed E-state index contributed by atoms with van der Waals surface area (Å²) in [5.74, 6) is 0.0173. The van der Waals surface area contributed by atoms with Crippen molar-refractivity contribution in [2.45, 2.75) is 19.9 Å². The molecule has 0 aliphatic carbocycles. The number of hydrogen-bond donors (Lipinski definition) is 0. The van der Waals surface area contributed by atoms with E-state index in [9.17, 15) is 9.18 Å². The van der Waals surface area contributed by atoms with E-state index in [1.807, 2.05) is 22.8 Å². The number of methoxy groups -OCH3 is 1. The molecule has 0 spiro atoms. The highest BCUT2D eigenvalue weighted by atomic mass is 32.1. The summed E-state index contributed by atoms with van der Waals surface area (Å²) in [6.07, 6.45) is 0.926. The number of rotatable bonds is 4. The van der Waals surface area contributed by atoms with Crippen LogP contribution in [0.3, 0.4) is 0 Å². The average Bonchev–Trinajstić information content (AvgIpc) is 2.92. The van der Waals surface area contributed by atoms with Crippen LogP contribution in [0.15, 0.2) is 47.5 Å². The molecule has 0 saturated heterocycles. The fourth-order valence-corrected chi connectivity index (χ4v) is 3.53. The van der Waals surface area contributed by atoms with E-state index in [2.05, 4.69) is 11.9 Å². The molecule has 0 aliphatic heterocycles. The van der Waals surface area contributed by atoms with E-state index in [0.29, 0.717) is 10.4 Å². The standard InChI is InChI=1S/C18H17FN2O2S/c1-3-10-21-15-9-8-14(23-2)11-16(15)24-18(21)20-17(22)12-4-6-13(19)7-5-12/h4-9,11H,3,10H2,1-2H3. The van der Waals surface area contributed by atoms with Crippen LogP contribution in [0.5, 0.6) is 5.75 Å². The average molecular weight is 344 g/mol. The second-order valence-corrected chi connectivity index (χ2v) is 6.30. The van der Waals surface area contributed by atoms with E-state index in [-0.39, 0.29) is 11.7 Å². The van der Waals surface area contributed by atoms with Gasteiger partial charge in [0.1, 0.15) is 11.6 Å². The Balaban J connectivity index is 2.11. The summed E-state index contributed by atoms with van der Waals surface area (Å²) in [4.78, 5) is 17.2. The maximum absolute atomic E-state index is 13.0. The predicted molar refractivity (Wildman–Crippen MR) is 93.0 cm³/mol. The van der Waals surface area contributed by atoms with Gasteiger partial charge in [-0.15, -0.1) is 0 Å². The minimum absolute atomic E-state index is 0.370. The third-order valence-corrected chi connectivity index (χ3v) is 4.67. The van der Waals surface area contributed by atoms with Gasteiger partial charge < -0.3 is 9.30 Å². The molecule has 1 heterocycles. The zero-order chi connectivity index (χ0) is 17.1. The van der Waals surface area contributed by atoms with Gasteiger partial charge in [-0.05, 0) is 48.9 Å². The molecular weight excluding hydrogens is 327 g/mol. The van der Waals surface area contributed by atoms with Crippen LogP contribution in [0.2, 0.25) is 0 Å². The molecular formula is C18H17FN2O2S. The summed E-state index contributed by atoms with van der Waals surface area (Å²) < 4.78 is 21.3. The molecule has 2 aromatic carbocycles. The van der Waals surface area contributed by atoms with Crippen LogP contribution < -0.4 is 9.54 Å². The van der Waals surface area contributed by atoms with Gasteiger partial charge >= 0.3 is 0 Å². The number of carbonyl (C=O) groups excluding carboxylic acids is 1. The first-order valence-corrected chi connectivity index (χ1v) is 8.46. The van der Waals surface area contributed by atoms with Crippen LogP contribution in [-0.4, -0.2) is 17.6 Å². The van der Waals surface area contributed by atoms with Crippen LogP contribution in [0.4, 0.5) is 4.39 Å². The zero-order valence-electron chi connectivity index (χ0n) is 13.5. The quantitative estimate of drug-likeness (QED) is 0.718. The second kappa shape index (κ2) is 6.97. The normalized spacial score (nSPS) is 11.9. The topological polar surface area (TPSA) is 43.6 Å². The van der Waals surface area contributed by atoms with Crippen molar-refractivity contribution in [1.29, 1.82) is 0 Å². The van der Waals surface area contributed by atoms with Crippen molar-refractivity contribution in [3.05, 3.63) is 58.6 Å². The van der Waals surface area contributed by atoms with Crippen molar-refractivity contribution in [3.63, 3.8) is 0 Å². The van der Waals surface area contributed by atoms with E-state index in [0.717, 1.165) is 28.9 Å². The summed E-state index contributed by atoms with van der Waals surface area (Å²) in [6, 6.07) is 11.2. The van der Waals surface area contributed by atoms with Crippen molar-refractivity contribution in [1.82, 2.24) is 4.57 Å². The van der Waals surface area contributed by atoms with Crippen LogP contribution in [-0.2, 0) is 6.54 Å². The number of carbonyl (C=O) groups is 1. The molecule has 4 nitrogen and oxygen atoms in total. The van der Waals surface area contributed by atoms with Gasteiger partial charge in [0, 0.05) is 12.1 Å². The highest BCUT2D eigenvalue weighted by molar-refractivity contribution is 7.16. The van der Waals surface area contributed by atoms with Crippen molar-refractivity contribution >= 4 is 27.5 Å². The Morgan fingerprint density at radius 2 is 2.00 bits per heavy atom. The highest BCUT2D eigenvalue weighted by Crippen LogP contribution is 2.23. The number of hydrogen-bond acceptors (Lipinski definition) is 3. The molecule has 3 rings (SSSR count). The smallest absolute Gasteiger partial charge is 0.279 e. The molecule has 0 aliphatic rings. The minimum atomic E-state index is -0.377. The summed E-state index contributed by atoms with van der Waals surface area (Å²) in [5, 5.41) is 0. The van der Waals surface area contributed by atoms with Crippen LogP contribution >= 0.6 is 11.3 Å². The fourth-order valence-electron chi connectivity index (χ4n) is 2.45. The van der Waals surface area contributed by atoms with Crippen molar-refractivity contribution in [3.8, 4) is 5.75 Å². The number of fused-ring (bicyclic) bond motifs is 1. The number of aryl methyl sites for hydroxylation is 1. The van der Waals surface area contributed by atoms with Crippen LogP contribution in [0.1, 0.15) is 23.7 Å². The first-order chi connectivity index (χ1) is 11.6. The Labute approximate surface area is 142 Å². The molecule has 6 heteroatoms. The molecule has 0 bridgehead atoms. The number of nitrogens with zero attached hydrogens (tertiary/aromatic N) is 2. The van der Waals surface area contributed by atoms with Gasteiger partial charge in [0.05, 0.1) is 17.3 Å². The van der Waals surface area contributed by atoms with E-state index in [4.69, 9.17) is 4.74 Å². The lowest BCUT2D eigenvalue weighted by atomic mass is 10.2. The predicted octanol–water partition coefficient (Wildman–Crippen LogP) is 4.00. The van der Waals surface area contributed by atoms with Gasteiger partial charge in [-0.3, -0.25) is 4.79 Å². The van der Waals surface area contributed by atoms with Gasteiger partial charge in [-0.2, -0.15) is 4.99 Å². The Hall–Kier alpha value is -2.47. The number of aromatic nitrogens is 1. The molecule has 0 atom stereocenters. The van der Waals surface area contributed by atoms with Gasteiger partial charge in [0.25, 0.3) is 5.91 Å². The third-order valence-electron chi connectivity index (χ3n) is 3.63. The van der Waals surface area contributed by atoms with Crippen molar-refractivity contribution in [2.75, 3.05) is 7.11 Å². The highest BCUT2D eigenvalue weighted by Gasteiger charge is 2.10. The molecule has 0 fully saturated rings. The Bertz CT molecular complexity index is 942. The van der Waals surface area contributed by atoms with E-state index < -0.39 is 0 Å². The summed E-state index contributed by atoms with van der Waals surface area (Å²) in [5.41, 5.74) is 1.39. The first-order valence-electron chi connectivity index (χ1n) is 7.64. The molecule has 1 aromatic heterocycles. The second-order valence-electron chi connectivity index (χ2n) is 5.29. The monoisotopic (exact) mass is 344 g/mol. The van der Waals surface area contributed by atoms with Gasteiger partial charge in [-0.25, -0.2) is 4.39 Å². The third kappa shape index (κ3) is 3.23. The lowest BCUT2D eigenvalue weighted by molar-refractivity contribution is 0.0998. The Kier molecular flexibility index (Phi) is 4.76. The summed E-state index contributed by atoms with van der Waals surface area (Å²) in [7, 11) is 1.62. The lowest BCUT2D eigenvalue weighted by Crippen LogP contribution is -2.16. The molecule has 3 aromatic rings. The molecule has 1 amide bonds. The molecule has 0 unspecified atom stereocenters. The number of amides is 1. The summed E-state index contributed by atoms with van der Waals surface area (Å²) in [6.45, 7) is 2.84. The number of benzene rings is 2. The van der Waals surface area contributed by atoms with Crippen LogP contribution in [0.25, 0.3) is 10.2 Å². The van der Waals surface area contributed by atoms with Crippen molar-refractivity contribution in [2.24, 2.45) is 4.99 Å². The maximum atomic E-state index is 13.0. The van der Waals surface area contributed by atoms with Crippen LogP contribution in [0, 0.1) is 5.82 Å². The maximum Gasteiger partial charge on any atom is 0.279 e. The zero-order valence-corrected chi connectivity index (χ0v) is 14.3. The Morgan fingerprint density at radius 3 is 2.67 bits per heavy atom. The van der Waals surface area contributed by atoms with Gasteiger partial charge in [0.15, 0.2) is 4.80 Å². The minimum Gasteiger partial charge on any atom is -0.497 e. The summed E-state index contributed by atoms with van der Waals surface area (Å²) >= 11 is 1.44. The van der Waals surface area contributed by atoms with E-state index >= 15 is 0 Å². The SMILES string of the molecule is CCCn1c(=NC(=O)c2ccc(F)cc2)sc2cc(OC)ccc21. The van der Waals surface area contributed by atoms with Crippen molar-refractivity contribution < 1.29 is 13.9 Å². The fraction of sp³-hybridized carbons (Fsp3) is 0.222. The van der Waals surface area contributed by atoms with E-state index in [1.165, 1.54) is 35.6 Å². The lowest BCUT2D eigenvalue weighted by Gasteiger charge is -2.03. The van der Waals surface area contributed by atoms with E-state index in [1.54, 1.807) is 7.11 Å². The number of ether oxygens (including phenoxy) is 1. The Morgan fingerprint density at radius 1 is 1.25 bits per heavy atom. The largest absolute Gasteiger partial charge is 0.497 e. The molecule has 124 valence electrons. The van der Waals surface area contributed by atoms with Gasteiger partial charge in [0.2, 0.25) is 0 Å². The molecule has 24 heavy (non-hydrogen) atoms. The number of thiazole rings is 1. The molecule has 0 N–H and O–H groups in total. The number of halogens is 1. The molecule has 0 radical (unpaired) electrons. The first kappa shape index (κ1) is 16.4. The van der Waals surface area contributed by atoms with Gasteiger partial charge in [-0.1, -0.05) is 18.3 Å². The molecule has 0 saturated carbocycles.